The number of primary sulfonamides is 1. The van der Waals surface area contributed by atoms with Crippen LogP contribution in [0.1, 0.15) is 22.3 Å². The highest BCUT2D eigenvalue weighted by Gasteiger charge is 2.11. The lowest BCUT2D eigenvalue weighted by molar-refractivity contribution is 0.0599. The molecule has 0 bridgehead atoms. The Labute approximate surface area is 101 Å². The standard InChI is InChI=1S/C11H15NO4S/c1-16-11(13)10-7-3-2-5-9(10)6-4-8-17(12,14)15/h2-3,5,7H,4,6,8H2,1H3,(H2,12,14,15). The highest BCUT2D eigenvalue weighted by molar-refractivity contribution is 7.89. The maximum atomic E-state index is 11.4. The van der Waals surface area contributed by atoms with Gasteiger partial charge in [0.2, 0.25) is 10.0 Å². The number of hydrogen-bond acceptors (Lipinski definition) is 4. The third-order valence-electron chi connectivity index (χ3n) is 2.30. The SMILES string of the molecule is COC(=O)c1ccccc1CCCS(N)(=O)=O. The van der Waals surface area contributed by atoms with E-state index < -0.39 is 16.0 Å². The number of methoxy groups -OCH3 is 1. The second kappa shape index (κ2) is 5.79. The number of carbonyl (C=O) groups is 1. The van der Waals surface area contributed by atoms with Crippen molar-refractivity contribution in [2.45, 2.75) is 12.8 Å². The van der Waals surface area contributed by atoms with Gasteiger partial charge in [-0.05, 0) is 24.5 Å². The minimum Gasteiger partial charge on any atom is -0.465 e. The lowest BCUT2D eigenvalue weighted by Gasteiger charge is -2.06. The van der Waals surface area contributed by atoms with Crippen LogP contribution in [0.15, 0.2) is 24.3 Å². The van der Waals surface area contributed by atoms with Crippen LogP contribution >= 0.6 is 0 Å². The topological polar surface area (TPSA) is 86.5 Å². The summed E-state index contributed by atoms with van der Waals surface area (Å²) in [6.07, 6.45) is 0.856. The van der Waals surface area contributed by atoms with Crippen LogP contribution in [0, 0.1) is 0 Å². The molecule has 1 aromatic rings. The van der Waals surface area contributed by atoms with Crippen LogP contribution in [-0.4, -0.2) is 27.2 Å². The molecule has 0 aromatic heterocycles. The van der Waals surface area contributed by atoms with Gasteiger partial charge in [0.1, 0.15) is 0 Å². The van der Waals surface area contributed by atoms with Gasteiger partial charge in [0.25, 0.3) is 0 Å². The van der Waals surface area contributed by atoms with Crippen molar-refractivity contribution in [1.29, 1.82) is 0 Å². The third-order valence-corrected chi connectivity index (χ3v) is 3.16. The molecule has 0 aliphatic heterocycles. The first-order valence-corrected chi connectivity index (χ1v) is 6.82. The average Bonchev–Trinajstić information content (AvgIpc) is 2.27. The quantitative estimate of drug-likeness (QED) is 0.786. The van der Waals surface area contributed by atoms with Gasteiger partial charge in [-0.25, -0.2) is 18.4 Å². The van der Waals surface area contributed by atoms with E-state index in [4.69, 9.17) is 5.14 Å². The first-order valence-electron chi connectivity index (χ1n) is 5.11. The van der Waals surface area contributed by atoms with Crippen molar-refractivity contribution in [1.82, 2.24) is 0 Å². The zero-order chi connectivity index (χ0) is 12.9. The van der Waals surface area contributed by atoms with Crippen LogP contribution in [0.25, 0.3) is 0 Å². The molecule has 0 radical (unpaired) electrons. The first kappa shape index (κ1) is 13.7. The monoisotopic (exact) mass is 257 g/mol. The molecule has 0 unspecified atom stereocenters. The van der Waals surface area contributed by atoms with Gasteiger partial charge in [-0.1, -0.05) is 18.2 Å². The maximum absolute atomic E-state index is 11.4. The summed E-state index contributed by atoms with van der Waals surface area (Å²) in [5.41, 5.74) is 1.23. The summed E-state index contributed by atoms with van der Waals surface area (Å²) in [6.45, 7) is 0. The molecule has 2 N–H and O–H groups in total. The van der Waals surface area contributed by atoms with E-state index in [0.29, 0.717) is 18.4 Å². The Bertz CT molecular complexity index is 496. The fourth-order valence-corrected chi connectivity index (χ4v) is 2.06. The molecular weight excluding hydrogens is 242 g/mol. The van der Waals surface area contributed by atoms with Gasteiger partial charge in [0, 0.05) is 0 Å². The summed E-state index contributed by atoms with van der Waals surface area (Å²) in [7, 11) is -2.14. The number of hydrogen-bond donors (Lipinski definition) is 1. The minimum absolute atomic E-state index is 0.0947. The van der Waals surface area contributed by atoms with E-state index in [-0.39, 0.29) is 5.75 Å². The smallest absolute Gasteiger partial charge is 0.338 e. The molecule has 0 saturated heterocycles. The zero-order valence-electron chi connectivity index (χ0n) is 9.55. The van der Waals surface area contributed by atoms with Crippen LogP contribution < -0.4 is 5.14 Å². The number of esters is 1. The molecule has 0 heterocycles. The Morgan fingerprint density at radius 2 is 2.00 bits per heavy atom. The highest BCUT2D eigenvalue weighted by atomic mass is 32.2. The van der Waals surface area contributed by atoms with Gasteiger partial charge >= 0.3 is 5.97 Å². The van der Waals surface area contributed by atoms with Crippen molar-refractivity contribution in [2.75, 3.05) is 12.9 Å². The number of sulfonamides is 1. The number of rotatable bonds is 5. The Morgan fingerprint density at radius 3 is 2.59 bits per heavy atom. The van der Waals surface area contributed by atoms with Crippen LogP contribution in [0.5, 0.6) is 0 Å². The van der Waals surface area contributed by atoms with E-state index in [1.54, 1.807) is 24.3 Å². The van der Waals surface area contributed by atoms with Gasteiger partial charge in [0.05, 0.1) is 18.4 Å². The molecule has 0 aliphatic rings. The molecule has 0 aliphatic carbocycles. The van der Waals surface area contributed by atoms with Crippen LogP contribution in [-0.2, 0) is 21.2 Å². The summed E-state index contributed by atoms with van der Waals surface area (Å²) < 4.78 is 26.2. The first-order chi connectivity index (χ1) is 7.94. The number of ether oxygens (including phenoxy) is 1. The average molecular weight is 257 g/mol. The molecule has 0 fully saturated rings. The molecule has 0 saturated carbocycles. The van der Waals surface area contributed by atoms with E-state index in [1.807, 2.05) is 0 Å². The van der Waals surface area contributed by atoms with Gasteiger partial charge in [-0.15, -0.1) is 0 Å². The molecule has 17 heavy (non-hydrogen) atoms. The molecular formula is C11H15NO4S. The third kappa shape index (κ3) is 4.54. The lowest BCUT2D eigenvalue weighted by atomic mass is 10.0. The molecule has 0 spiro atoms. The summed E-state index contributed by atoms with van der Waals surface area (Å²) in [5.74, 6) is -0.515. The van der Waals surface area contributed by atoms with Gasteiger partial charge in [-0.2, -0.15) is 0 Å². The predicted molar refractivity (Wildman–Crippen MR) is 64.1 cm³/mol. The highest BCUT2D eigenvalue weighted by Crippen LogP contribution is 2.12. The minimum atomic E-state index is -3.45. The number of aryl methyl sites for hydroxylation is 1. The van der Waals surface area contributed by atoms with E-state index in [1.165, 1.54) is 7.11 Å². The summed E-state index contributed by atoms with van der Waals surface area (Å²) in [4.78, 5) is 11.4. The molecule has 5 nitrogen and oxygen atoms in total. The van der Waals surface area contributed by atoms with E-state index in [0.717, 1.165) is 5.56 Å². The molecule has 0 atom stereocenters. The van der Waals surface area contributed by atoms with Crippen molar-refractivity contribution in [3.05, 3.63) is 35.4 Å². The molecule has 6 heteroatoms. The maximum Gasteiger partial charge on any atom is 0.338 e. The Hall–Kier alpha value is -1.40. The number of benzene rings is 1. The van der Waals surface area contributed by atoms with E-state index in [9.17, 15) is 13.2 Å². The van der Waals surface area contributed by atoms with Gasteiger partial charge < -0.3 is 4.74 Å². The Morgan fingerprint density at radius 1 is 1.35 bits per heavy atom. The van der Waals surface area contributed by atoms with Crippen LogP contribution in [0.3, 0.4) is 0 Å². The van der Waals surface area contributed by atoms with Crippen molar-refractivity contribution < 1.29 is 17.9 Å². The zero-order valence-corrected chi connectivity index (χ0v) is 10.4. The summed E-state index contributed by atoms with van der Waals surface area (Å²) >= 11 is 0. The summed E-state index contributed by atoms with van der Waals surface area (Å²) in [6, 6.07) is 6.95. The lowest BCUT2D eigenvalue weighted by Crippen LogP contribution is -2.17. The van der Waals surface area contributed by atoms with Crippen molar-refractivity contribution in [3.8, 4) is 0 Å². The van der Waals surface area contributed by atoms with Crippen LogP contribution in [0.4, 0.5) is 0 Å². The Kier molecular flexibility index (Phi) is 4.65. The van der Waals surface area contributed by atoms with Crippen molar-refractivity contribution in [2.24, 2.45) is 5.14 Å². The predicted octanol–water partition coefficient (Wildman–Crippen LogP) is 0.694. The fourth-order valence-electron chi connectivity index (χ4n) is 1.51. The van der Waals surface area contributed by atoms with Crippen molar-refractivity contribution in [3.63, 3.8) is 0 Å². The van der Waals surface area contributed by atoms with E-state index >= 15 is 0 Å². The number of nitrogens with two attached hydrogens (primary N) is 1. The largest absolute Gasteiger partial charge is 0.465 e. The molecule has 94 valence electrons. The normalized spacial score (nSPS) is 11.2. The second-order valence-corrected chi connectivity index (χ2v) is 5.35. The molecule has 0 amide bonds. The fraction of sp³-hybridized carbons (Fsp3) is 0.364. The van der Waals surface area contributed by atoms with Gasteiger partial charge in [0.15, 0.2) is 0 Å². The molecule has 1 aromatic carbocycles. The molecule has 1 rings (SSSR count). The second-order valence-electron chi connectivity index (χ2n) is 3.62. The Balaban J connectivity index is 2.74. The van der Waals surface area contributed by atoms with Crippen molar-refractivity contribution >= 4 is 16.0 Å². The summed E-state index contributed by atoms with van der Waals surface area (Å²) in [5, 5.41) is 4.90. The van der Waals surface area contributed by atoms with E-state index in [2.05, 4.69) is 4.74 Å². The number of carbonyl (C=O) groups excluding carboxylic acids is 1. The van der Waals surface area contributed by atoms with Crippen LogP contribution in [0.2, 0.25) is 0 Å². The van der Waals surface area contributed by atoms with Gasteiger partial charge in [-0.3, -0.25) is 0 Å².